The van der Waals surface area contributed by atoms with Crippen LogP contribution in [-0.2, 0) is 64.6 Å². The van der Waals surface area contributed by atoms with Crippen molar-refractivity contribution in [3.05, 3.63) is 0 Å². The molecule has 0 atom stereocenters. The topological polar surface area (TPSA) is 137 Å². The normalized spacial score (nSPS) is 12.5. The summed E-state index contributed by atoms with van der Waals surface area (Å²) >= 11 is 0. The van der Waals surface area contributed by atoms with Gasteiger partial charge < -0.3 is 0 Å². The summed E-state index contributed by atoms with van der Waals surface area (Å²) in [6.45, 7) is 44.1. The second-order valence-corrected chi connectivity index (χ2v) is 22.1. The van der Waals surface area contributed by atoms with E-state index in [1.807, 2.05) is 166 Å². The molecule has 0 aliphatic rings. The first-order valence-corrected chi connectivity index (χ1v) is 18.5. The predicted octanol–water partition coefficient (Wildman–Crippen LogP) is 10.4. The van der Waals surface area contributed by atoms with Crippen molar-refractivity contribution in [3.63, 3.8) is 0 Å². The van der Waals surface area contributed by atoms with Crippen molar-refractivity contribution < 1.29 is 64.6 Å². The van der Waals surface area contributed by atoms with Crippen molar-refractivity contribution in [2.45, 2.75) is 192 Å². The van der Waals surface area contributed by atoms with E-state index in [0.717, 1.165) is 0 Å². The van der Waals surface area contributed by atoms with Gasteiger partial charge in [-0.1, -0.05) is 166 Å². The molecule has 0 radical (unpaired) electrons. The predicted molar refractivity (Wildman–Crippen MR) is 214 cm³/mol. The summed E-state index contributed by atoms with van der Waals surface area (Å²) in [6, 6.07) is 0. The summed E-state index contributed by atoms with van der Waals surface area (Å²) in [7, 11) is 0. The van der Waals surface area contributed by atoms with Crippen LogP contribution in [0.2, 0.25) is 0 Å². The molecule has 0 bridgehead atoms. The third kappa shape index (κ3) is 30.2. The summed E-state index contributed by atoms with van der Waals surface area (Å²) in [5, 5.41) is 0. The van der Waals surface area contributed by atoms with Crippen LogP contribution >= 0.6 is 0 Å². The average molecular weight is 828 g/mol. The molecule has 0 N–H and O–H groups in total. The van der Waals surface area contributed by atoms with Crippen molar-refractivity contribution >= 4 is 46.3 Å². The van der Waals surface area contributed by atoms with E-state index in [1.165, 1.54) is 0 Å². The molecule has 53 heavy (non-hydrogen) atoms. The number of ketones is 8. The van der Waals surface area contributed by atoms with Gasteiger partial charge in [-0.05, 0) is 0 Å². The van der Waals surface area contributed by atoms with Crippen LogP contribution in [0.3, 0.4) is 0 Å². The fourth-order valence-corrected chi connectivity index (χ4v) is 2.70. The second-order valence-electron chi connectivity index (χ2n) is 22.1. The Labute approximate surface area is 344 Å². The minimum absolute atomic E-state index is 0. The Bertz CT molecular complexity index is 964. The third-order valence-corrected chi connectivity index (χ3v) is 7.98. The number of rotatable bonds is 8. The van der Waals surface area contributed by atoms with Crippen LogP contribution in [0.25, 0.3) is 0 Å². The molecule has 0 spiro atoms. The minimum Gasteiger partial charge on any atom is -0.299 e. The van der Waals surface area contributed by atoms with Gasteiger partial charge in [0.05, 0.1) is 25.7 Å². The van der Waals surface area contributed by atoms with Gasteiger partial charge in [-0.3, -0.25) is 38.4 Å². The van der Waals surface area contributed by atoms with Gasteiger partial charge in [0.15, 0.2) is 0 Å². The van der Waals surface area contributed by atoms with E-state index >= 15 is 0 Å². The Morgan fingerprint density at radius 3 is 0.302 bits per heavy atom. The first kappa shape index (κ1) is 60.5. The monoisotopic (exact) mass is 826 g/mol. The molecular weight excluding hydrogens is 748 g/mol. The Morgan fingerprint density at radius 2 is 0.264 bits per heavy atom. The first-order chi connectivity index (χ1) is 22.2. The molecule has 0 unspecified atom stereocenters. The maximum Gasteiger partial charge on any atom is 0.145 e. The molecule has 0 saturated carbocycles. The number of carbonyl (C=O) groups is 8. The zero-order valence-electron chi connectivity index (χ0n) is 38.6. The van der Waals surface area contributed by atoms with E-state index in [2.05, 4.69) is 0 Å². The molecule has 0 aromatic heterocycles. The van der Waals surface area contributed by atoms with E-state index in [9.17, 15) is 38.4 Å². The molecule has 0 aromatic carbocycles. The van der Waals surface area contributed by atoms with E-state index in [4.69, 9.17) is 0 Å². The molecule has 0 heterocycles. The third-order valence-electron chi connectivity index (χ3n) is 7.98. The Kier molecular flexibility index (Phi) is 25.2. The fraction of sp³-hybridized carbons (Fsp3) is 0.818. The van der Waals surface area contributed by atoms with Crippen molar-refractivity contribution in [1.29, 1.82) is 0 Å². The van der Waals surface area contributed by atoms with Crippen molar-refractivity contribution in [2.24, 2.45) is 43.3 Å². The van der Waals surface area contributed by atoms with Crippen LogP contribution in [0, 0.1) is 43.3 Å². The zero-order chi connectivity index (χ0) is 43.4. The number of Topliss-reactive ketones (excluding diaryl/α,β-unsaturated/α-hetero) is 8. The molecule has 0 amide bonds. The molecule has 8 nitrogen and oxygen atoms in total. The average Bonchev–Trinajstić information content (AvgIpc) is 2.85. The quantitative estimate of drug-likeness (QED) is 0.221. The fourth-order valence-electron chi connectivity index (χ4n) is 2.70. The maximum absolute atomic E-state index is 11.5. The summed E-state index contributed by atoms with van der Waals surface area (Å²) < 4.78 is 0. The van der Waals surface area contributed by atoms with Crippen molar-refractivity contribution in [2.75, 3.05) is 0 Å². The summed E-state index contributed by atoms with van der Waals surface area (Å²) in [4.78, 5) is 92.0. The molecule has 0 aliphatic carbocycles. The smallest absolute Gasteiger partial charge is 0.145 e. The molecule has 9 heteroatoms. The van der Waals surface area contributed by atoms with E-state index in [0.29, 0.717) is 0 Å². The van der Waals surface area contributed by atoms with Crippen LogP contribution in [-0.4, -0.2) is 46.3 Å². The molecule has 0 saturated heterocycles. The van der Waals surface area contributed by atoms with Gasteiger partial charge in [0.25, 0.3) is 0 Å². The SMILES string of the molecule is CC(C)(C)C(=O)CC(=O)C(C)(C)C.CC(C)(C)C(=O)CC(=O)C(C)(C)C.CC(C)(C)C(=O)CC(=O)C(C)(C)C.CC(C)(C)C(=O)CC(=O)C(C)(C)C.[Zr]. The molecule has 0 aromatic rings. The maximum atomic E-state index is 11.5. The first-order valence-electron chi connectivity index (χ1n) is 18.5. The summed E-state index contributed by atoms with van der Waals surface area (Å²) in [5.74, 6) is 0.166. The van der Waals surface area contributed by atoms with Crippen molar-refractivity contribution in [1.82, 2.24) is 0 Å². The summed E-state index contributed by atoms with van der Waals surface area (Å²) in [6.07, 6.45) is 0.250. The van der Waals surface area contributed by atoms with E-state index in [1.54, 1.807) is 0 Å². The van der Waals surface area contributed by atoms with Gasteiger partial charge in [-0.25, -0.2) is 0 Å². The van der Waals surface area contributed by atoms with Gasteiger partial charge in [0.1, 0.15) is 46.3 Å². The largest absolute Gasteiger partial charge is 0.299 e. The van der Waals surface area contributed by atoms with Gasteiger partial charge >= 0.3 is 0 Å². The van der Waals surface area contributed by atoms with Crippen LogP contribution in [0.15, 0.2) is 0 Å². The van der Waals surface area contributed by atoms with Gasteiger partial charge in [0, 0.05) is 69.5 Å². The van der Waals surface area contributed by atoms with Crippen LogP contribution in [0.1, 0.15) is 192 Å². The molecular formula is C44H80O8Zr. The van der Waals surface area contributed by atoms with Crippen LogP contribution in [0.4, 0.5) is 0 Å². The standard InChI is InChI=1S/4C11H20O2.Zr/c4*1-10(2,3)8(12)7-9(13)11(4,5)6;/h4*7H2,1-6H3;. The molecule has 308 valence electrons. The van der Waals surface area contributed by atoms with Crippen molar-refractivity contribution in [3.8, 4) is 0 Å². The second kappa shape index (κ2) is 22.1. The Morgan fingerprint density at radius 1 is 0.208 bits per heavy atom. The number of hydrogen-bond acceptors (Lipinski definition) is 8. The molecule has 0 rings (SSSR count). The zero-order valence-corrected chi connectivity index (χ0v) is 41.1. The van der Waals surface area contributed by atoms with E-state index < -0.39 is 43.3 Å². The number of carbonyl (C=O) groups excluding carboxylic acids is 8. The van der Waals surface area contributed by atoms with Crippen LogP contribution < -0.4 is 0 Å². The van der Waals surface area contributed by atoms with Gasteiger partial charge in [0.2, 0.25) is 0 Å². The Hall–Kier alpha value is -1.76. The van der Waals surface area contributed by atoms with Crippen LogP contribution in [0.5, 0.6) is 0 Å². The molecule has 0 fully saturated rings. The van der Waals surface area contributed by atoms with Gasteiger partial charge in [-0.2, -0.15) is 0 Å². The van der Waals surface area contributed by atoms with E-state index in [-0.39, 0.29) is 98.2 Å². The number of hydrogen-bond donors (Lipinski definition) is 0. The molecule has 0 aliphatic heterocycles. The minimum atomic E-state index is -0.402. The Balaban J connectivity index is -0.000000192. The van der Waals surface area contributed by atoms with Gasteiger partial charge in [-0.15, -0.1) is 0 Å². The summed E-state index contributed by atoms with van der Waals surface area (Å²) in [5.41, 5.74) is -3.21.